The van der Waals surface area contributed by atoms with Gasteiger partial charge in [0.25, 0.3) is 0 Å². The number of amides is 3. The summed E-state index contributed by atoms with van der Waals surface area (Å²) in [6.45, 7) is -1.07. The number of carbonyl (C=O) groups excluding carboxylic acids is 3. The second-order valence-corrected chi connectivity index (χ2v) is 6.90. The van der Waals surface area contributed by atoms with E-state index >= 15 is 0 Å². The molecule has 1 aliphatic rings. The minimum atomic E-state index is -1.41. The van der Waals surface area contributed by atoms with Gasteiger partial charge < -0.3 is 41.6 Å². The highest BCUT2D eigenvalue weighted by Gasteiger charge is 2.37. The van der Waals surface area contributed by atoms with Crippen LogP contribution in [0, 0.1) is 0 Å². The Morgan fingerprint density at radius 1 is 1.23 bits per heavy atom. The molecule has 0 radical (unpaired) electrons. The molecule has 2 rings (SSSR count). The van der Waals surface area contributed by atoms with Crippen molar-refractivity contribution in [1.29, 1.82) is 0 Å². The Labute approximate surface area is 171 Å². The molecule has 13 nitrogen and oxygen atoms in total. The number of likely N-dealkylation sites (tertiary alicyclic amines) is 1. The maximum absolute atomic E-state index is 12.6. The molecule has 1 aromatic rings. The van der Waals surface area contributed by atoms with E-state index in [9.17, 15) is 29.4 Å². The van der Waals surface area contributed by atoms with Crippen molar-refractivity contribution in [3.05, 3.63) is 18.2 Å². The van der Waals surface area contributed by atoms with Gasteiger partial charge in [-0.3, -0.25) is 14.4 Å². The number of H-pyrrole nitrogens is 1. The Kier molecular flexibility index (Phi) is 8.26. The Morgan fingerprint density at radius 3 is 2.53 bits per heavy atom. The van der Waals surface area contributed by atoms with Gasteiger partial charge in [-0.15, -0.1) is 0 Å². The number of nitrogens with two attached hydrogens (primary N) is 1. The number of aromatic nitrogens is 2. The molecule has 166 valence electrons. The maximum Gasteiger partial charge on any atom is 0.326 e. The summed E-state index contributed by atoms with van der Waals surface area (Å²) in [5, 5.41) is 32.5. The lowest BCUT2D eigenvalue weighted by molar-refractivity contribution is -0.143. The number of nitrogens with one attached hydrogen (secondary N) is 3. The van der Waals surface area contributed by atoms with Crippen LogP contribution in [0.5, 0.6) is 0 Å². The highest BCUT2D eigenvalue weighted by atomic mass is 16.4. The van der Waals surface area contributed by atoms with Crippen LogP contribution in [0.4, 0.5) is 0 Å². The third-order valence-electron chi connectivity index (χ3n) is 4.76. The molecule has 4 atom stereocenters. The molecule has 13 heteroatoms. The largest absolute Gasteiger partial charge is 0.480 e. The number of aliphatic hydroxyl groups excluding tert-OH is 2. The Morgan fingerprint density at radius 2 is 1.97 bits per heavy atom. The lowest BCUT2D eigenvalue weighted by Crippen LogP contribution is -2.58. The van der Waals surface area contributed by atoms with E-state index in [1.54, 1.807) is 0 Å². The van der Waals surface area contributed by atoms with Crippen LogP contribution in [0.15, 0.2) is 12.5 Å². The summed E-state index contributed by atoms with van der Waals surface area (Å²) >= 11 is 0. The fraction of sp³-hybridized carbons (Fsp3) is 0.588. The first kappa shape index (κ1) is 23.3. The molecule has 0 aromatic carbocycles. The standard InChI is InChI=1S/C17H26N6O7/c18-10(6-24)16(28)23-3-1-2-13(23)15(27)22-12(7-25)14(26)21-11(17(29)30)4-9-5-19-8-20-9/h5,8,10-13,24-25H,1-4,6-7,18H2,(H,19,20)(H,21,26)(H,22,27)(H,29,30). The summed E-state index contributed by atoms with van der Waals surface area (Å²) in [5.74, 6) is -3.46. The van der Waals surface area contributed by atoms with E-state index < -0.39 is 61.1 Å². The number of rotatable bonds is 10. The number of hydrogen-bond acceptors (Lipinski definition) is 8. The van der Waals surface area contributed by atoms with Crippen molar-refractivity contribution < 1.29 is 34.5 Å². The number of carboxylic acid groups (broad SMARTS) is 1. The number of aliphatic carboxylic acids is 1. The van der Waals surface area contributed by atoms with Gasteiger partial charge >= 0.3 is 5.97 Å². The molecule has 1 saturated heterocycles. The molecule has 1 aromatic heterocycles. The van der Waals surface area contributed by atoms with E-state index in [1.165, 1.54) is 17.4 Å². The number of imidazole rings is 1. The highest BCUT2D eigenvalue weighted by molar-refractivity contribution is 5.94. The topological polar surface area (TPSA) is 211 Å². The highest BCUT2D eigenvalue weighted by Crippen LogP contribution is 2.18. The normalized spacial score (nSPS) is 19.0. The summed E-state index contributed by atoms with van der Waals surface area (Å²) in [6, 6.07) is -4.78. The van der Waals surface area contributed by atoms with Crippen LogP contribution >= 0.6 is 0 Å². The van der Waals surface area contributed by atoms with E-state index in [0.29, 0.717) is 18.5 Å². The fourth-order valence-corrected chi connectivity index (χ4v) is 3.14. The van der Waals surface area contributed by atoms with Crippen molar-refractivity contribution in [1.82, 2.24) is 25.5 Å². The first-order valence-corrected chi connectivity index (χ1v) is 9.37. The van der Waals surface area contributed by atoms with Crippen molar-refractivity contribution >= 4 is 23.7 Å². The second-order valence-electron chi connectivity index (χ2n) is 6.90. The number of aliphatic hydroxyl groups is 2. The van der Waals surface area contributed by atoms with Gasteiger partial charge in [0.15, 0.2) is 0 Å². The van der Waals surface area contributed by atoms with Gasteiger partial charge in [-0.1, -0.05) is 0 Å². The van der Waals surface area contributed by atoms with E-state index in [0.717, 1.165) is 0 Å². The third-order valence-corrected chi connectivity index (χ3v) is 4.76. The van der Waals surface area contributed by atoms with Gasteiger partial charge in [0.1, 0.15) is 24.2 Å². The van der Waals surface area contributed by atoms with Gasteiger partial charge in [0.05, 0.1) is 19.5 Å². The first-order valence-electron chi connectivity index (χ1n) is 9.37. The van der Waals surface area contributed by atoms with Gasteiger partial charge in [-0.25, -0.2) is 9.78 Å². The molecule has 1 aliphatic heterocycles. The van der Waals surface area contributed by atoms with Crippen molar-refractivity contribution in [2.24, 2.45) is 5.73 Å². The molecule has 8 N–H and O–H groups in total. The number of hydrogen-bond donors (Lipinski definition) is 7. The minimum Gasteiger partial charge on any atom is -0.480 e. The average molecular weight is 426 g/mol. The molecule has 0 aliphatic carbocycles. The fourth-order valence-electron chi connectivity index (χ4n) is 3.14. The van der Waals surface area contributed by atoms with Crippen molar-refractivity contribution in [2.45, 2.75) is 43.4 Å². The summed E-state index contributed by atoms with van der Waals surface area (Å²) < 4.78 is 0. The van der Waals surface area contributed by atoms with E-state index in [2.05, 4.69) is 20.6 Å². The van der Waals surface area contributed by atoms with Crippen LogP contribution in [0.25, 0.3) is 0 Å². The smallest absolute Gasteiger partial charge is 0.326 e. The number of carboxylic acids is 1. The molecule has 4 unspecified atom stereocenters. The number of aromatic amines is 1. The monoisotopic (exact) mass is 426 g/mol. The first-order chi connectivity index (χ1) is 14.3. The second kappa shape index (κ2) is 10.7. The van der Waals surface area contributed by atoms with Gasteiger partial charge in [-0.05, 0) is 12.8 Å². The zero-order valence-electron chi connectivity index (χ0n) is 16.2. The molecule has 0 saturated carbocycles. The Hall–Kier alpha value is -3.03. The van der Waals surface area contributed by atoms with Gasteiger partial charge in [0.2, 0.25) is 17.7 Å². The average Bonchev–Trinajstić information content (AvgIpc) is 3.41. The van der Waals surface area contributed by atoms with Crippen LogP contribution < -0.4 is 16.4 Å². The summed E-state index contributed by atoms with van der Waals surface area (Å²) in [4.78, 5) is 56.4. The van der Waals surface area contributed by atoms with Crippen molar-refractivity contribution in [3.8, 4) is 0 Å². The van der Waals surface area contributed by atoms with Gasteiger partial charge in [-0.2, -0.15) is 0 Å². The number of carbonyl (C=O) groups is 4. The molecular formula is C17H26N6O7. The van der Waals surface area contributed by atoms with E-state index in [4.69, 9.17) is 10.8 Å². The van der Waals surface area contributed by atoms with Crippen LogP contribution in [0.3, 0.4) is 0 Å². The predicted molar refractivity (Wildman–Crippen MR) is 101 cm³/mol. The third kappa shape index (κ3) is 5.75. The lowest BCUT2D eigenvalue weighted by atomic mass is 10.1. The molecule has 0 spiro atoms. The molecular weight excluding hydrogens is 400 g/mol. The molecule has 3 amide bonds. The van der Waals surface area contributed by atoms with E-state index in [-0.39, 0.29) is 13.0 Å². The predicted octanol–water partition coefficient (Wildman–Crippen LogP) is -3.69. The lowest BCUT2D eigenvalue weighted by Gasteiger charge is -2.27. The molecule has 0 bridgehead atoms. The van der Waals surface area contributed by atoms with Crippen molar-refractivity contribution in [2.75, 3.05) is 19.8 Å². The van der Waals surface area contributed by atoms with Crippen LogP contribution in [-0.4, -0.2) is 97.8 Å². The molecule has 1 fully saturated rings. The summed E-state index contributed by atoms with van der Waals surface area (Å²) in [5.41, 5.74) is 6.01. The van der Waals surface area contributed by atoms with E-state index in [1.807, 2.05) is 0 Å². The molecule has 30 heavy (non-hydrogen) atoms. The Bertz CT molecular complexity index is 756. The zero-order chi connectivity index (χ0) is 22.3. The van der Waals surface area contributed by atoms with Gasteiger partial charge in [0, 0.05) is 24.9 Å². The van der Waals surface area contributed by atoms with Crippen LogP contribution in [0.1, 0.15) is 18.5 Å². The van der Waals surface area contributed by atoms with Crippen LogP contribution in [-0.2, 0) is 25.6 Å². The SMILES string of the molecule is NC(CO)C(=O)N1CCCC1C(=O)NC(CO)C(=O)NC(Cc1cnc[nH]1)C(=O)O. The number of nitrogens with zero attached hydrogens (tertiary/aromatic N) is 2. The van der Waals surface area contributed by atoms with Crippen LogP contribution in [0.2, 0.25) is 0 Å². The zero-order valence-corrected chi connectivity index (χ0v) is 16.2. The maximum atomic E-state index is 12.6. The van der Waals surface area contributed by atoms with Crippen molar-refractivity contribution in [3.63, 3.8) is 0 Å². The molecule has 2 heterocycles. The quantitative estimate of drug-likeness (QED) is 0.196. The minimum absolute atomic E-state index is 0.0723. The Balaban J connectivity index is 2.00. The summed E-state index contributed by atoms with van der Waals surface area (Å²) in [6.07, 6.45) is 3.56. The summed E-state index contributed by atoms with van der Waals surface area (Å²) in [7, 11) is 0.